The second-order valence-corrected chi connectivity index (χ2v) is 6.17. The highest BCUT2D eigenvalue weighted by Crippen LogP contribution is 2.27. The molecule has 0 bridgehead atoms. The van der Waals surface area contributed by atoms with Crippen LogP contribution in [0, 0.1) is 6.92 Å². The first kappa shape index (κ1) is 12.1. The lowest BCUT2D eigenvalue weighted by Gasteiger charge is -2.00. The average Bonchev–Trinajstić information content (AvgIpc) is 2.47. The van der Waals surface area contributed by atoms with Gasteiger partial charge in [0.1, 0.15) is 0 Å². The van der Waals surface area contributed by atoms with Crippen molar-refractivity contribution in [1.82, 2.24) is 5.32 Å². The van der Waals surface area contributed by atoms with Crippen LogP contribution in [0.4, 0.5) is 0 Å². The van der Waals surface area contributed by atoms with Crippen molar-refractivity contribution in [2.75, 3.05) is 18.6 Å². The minimum atomic E-state index is 0.0258. The summed E-state index contributed by atoms with van der Waals surface area (Å²) < 4.78 is 1.03. The first-order valence-corrected chi connectivity index (χ1v) is 7.18. The second kappa shape index (κ2) is 5.78. The van der Waals surface area contributed by atoms with E-state index in [1.54, 1.807) is 11.8 Å². The maximum Gasteiger partial charge on any atom is 0.261 e. The summed E-state index contributed by atoms with van der Waals surface area (Å²) in [5.74, 6) is 0.981. The molecule has 78 valence electrons. The van der Waals surface area contributed by atoms with Gasteiger partial charge in [-0.15, -0.1) is 11.3 Å². The van der Waals surface area contributed by atoms with Crippen LogP contribution in [0.25, 0.3) is 0 Å². The fraction of sp³-hybridized carbons (Fsp3) is 0.444. The van der Waals surface area contributed by atoms with E-state index in [4.69, 9.17) is 0 Å². The van der Waals surface area contributed by atoms with Crippen molar-refractivity contribution < 1.29 is 4.79 Å². The van der Waals surface area contributed by atoms with Crippen LogP contribution in [0.2, 0.25) is 0 Å². The summed E-state index contributed by atoms with van der Waals surface area (Å²) in [4.78, 5) is 12.3. The van der Waals surface area contributed by atoms with Crippen molar-refractivity contribution in [3.63, 3.8) is 0 Å². The van der Waals surface area contributed by atoms with E-state index in [0.29, 0.717) is 0 Å². The summed E-state index contributed by atoms with van der Waals surface area (Å²) in [5.41, 5.74) is 1.12. The third kappa shape index (κ3) is 3.29. The predicted molar refractivity (Wildman–Crippen MR) is 67.5 cm³/mol. The van der Waals surface area contributed by atoms with Crippen LogP contribution in [-0.2, 0) is 0 Å². The molecule has 1 rings (SSSR count). The molecule has 1 N–H and O–H groups in total. The van der Waals surface area contributed by atoms with Gasteiger partial charge in [-0.1, -0.05) is 0 Å². The molecular formula is C9H12BrNOS2. The SMILES string of the molecule is CSCCNC(=O)c1cc(C)c(Br)s1. The normalized spacial score (nSPS) is 10.2. The molecule has 14 heavy (non-hydrogen) atoms. The van der Waals surface area contributed by atoms with Crippen LogP contribution >= 0.6 is 39.0 Å². The summed E-state index contributed by atoms with van der Waals surface area (Å²) in [7, 11) is 0. The van der Waals surface area contributed by atoms with E-state index in [0.717, 1.165) is 26.5 Å². The highest BCUT2D eigenvalue weighted by Gasteiger charge is 2.09. The number of thiophene rings is 1. The molecule has 0 aliphatic rings. The quantitative estimate of drug-likeness (QED) is 0.865. The van der Waals surface area contributed by atoms with Gasteiger partial charge in [-0.05, 0) is 40.7 Å². The van der Waals surface area contributed by atoms with Crippen LogP contribution in [0.3, 0.4) is 0 Å². The zero-order valence-electron chi connectivity index (χ0n) is 8.09. The van der Waals surface area contributed by atoms with Gasteiger partial charge in [0.2, 0.25) is 0 Å². The fourth-order valence-electron chi connectivity index (χ4n) is 0.926. The molecular weight excluding hydrogens is 282 g/mol. The highest BCUT2D eigenvalue weighted by molar-refractivity contribution is 9.11. The Balaban J connectivity index is 2.52. The van der Waals surface area contributed by atoms with E-state index in [2.05, 4.69) is 21.2 Å². The lowest BCUT2D eigenvalue weighted by Crippen LogP contribution is -2.24. The minimum Gasteiger partial charge on any atom is -0.351 e. The summed E-state index contributed by atoms with van der Waals surface area (Å²) >= 11 is 6.61. The van der Waals surface area contributed by atoms with Crippen molar-refractivity contribution in [3.8, 4) is 0 Å². The smallest absolute Gasteiger partial charge is 0.261 e. The van der Waals surface area contributed by atoms with Crippen molar-refractivity contribution in [2.45, 2.75) is 6.92 Å². The van der Waals surface area contributed by atoms with Crippen LogP contribution in [0.15, 0.2) is 9.85 Å². The van der Waals surface area contributed by atoms with Gasteiger partial charge in [-0.3, -0.25) is 4.79 Å². The Bertz CT molecular complexity index is 305. The fourth-order valence-corrected chi connectivity index (χ4v) is 2.68. The van der Waals surface area contributed by atoms with Crippen LogP contribution in [0.1, 0.15) is 15.2 Å². The number of carbonyl (C=O) groups excluding carboxylic acids is 1. The van der Waals surface area contributed by atoms with E-state index in [1.807, 2.05) is 19.2 Å². The maximum absolute atomic E-state index is 11.6. The zero-order chi connectivity index (χ0) is 10.6. The first-order valence-electron chi connectivity index (χ1n) is 4.18. The molecule has 0 radical (unpaired) electrons. The van der Waals surface area contributed by atoms with Gasteiger partial charge in [-0.2, -0.15) is 11.8 Å². The Hall–Kier alpha value is -0.0000000000000000833. The number of carbonyl (C=O) groups is 1. The molecule has 0 aliphatic heterocycles. The Morgan fingerprint density at radius 1 is 1.71 bits per heavy atom. The van der Waals surface area contributed by atoms with E-state index < -0.39 is 0 Å². The largest absolute Gasteiger partial charge is 0.351 e. The molecule has 0 spiro atoms. The molecule has 2 nitrogen and oxygen atoms in total. The van der Waals surface area contributed by atoms with Gasteiger partial charge in [0, 0.05) is 12.3 Å². The Morgan fingerprint density at radius 2 is 2.43 bits per heavy atom. The van der Waals surface area contributed by atoms with Gasteiger partial charge in [-0.25, -0.2) is 0 Å². The number of rotatable bonds is 4. The minimum absolute atomic E-state index is 0.0258. The zero-order valence-corrected chi connectivity index (χ0v) is 11.3. The number of thioether (sulfide) groups is 1. The van der Waals surface area contributed by atoms with Crippen molar-refractivity contribution in [1.29, 1.82) is 0 Å². The van der Waals surface area contributed by atoms with Crippen molar-refractivity contribution in [3.05, 3.63) is 20.3 Å². The lowest BCUT2D eigenvalue weighted by molar-refractivity contribution is 0.0960. The van der Waals surface area contributed by atoms with Crippen LogP contribution in [-0.4, -0.2) is 24.5 Å². The molecule has 1 heterocycles. The third-order valence-corrected chi connectivity index (χ3v) is 4.42. The Morgan fingerprint density at radius 3 is 2.93 bits per heavy atom. The standard InChI is InChI=1S/C9H12BrNOS2/c1-6-5-7(14-8(6)10)9(12)11-3-4-13-2/h5H,3-4H2,1-2H3,(H,11,12). The number of nitrogens with one attached hydrogen (secondary N) is 1. The molecule has 1 amide bonds. The molecule has 0 fully saturated rings. The number of halogens is 1. The van der Waals surface area contributed by atoms with Gasteiger partial charge >= 0.3 is 0 Å². The molecule has 0 saturated carbocycles. The lowest BCUT2D eigenvalue weighted by atomic mass is 10.3. The number of hydrogen-bond acceptors (Lipinski definition) is 3. The average molecular weight is 294 g/mol. The van der Waals surface area contributed by atoms with Gasteiger partial charge in [0.15, 0.2) is 0 Å². The number of hydrogen-bond donors (Lipinski definition) is 1. The summed E-state index contributed by atoms with van der Waals surface area (Å²) in [6, 6.07) is 1.91. The maximum atomic E-state index is 11.6. The molecule has 0 saturated heterocycles. The van der Waals surface area contributed by atoms with Crippen molar-refractivity contribution >= 4 is 44.9 Å². The van der Waals surface area contributed by atoms with E-state index >= 15 is 0 Å². The molecule has 0 atom stereocenters. The summed E-state index contributed by atoms with van der Waals surface area (Å²) in [5, 5.41) is 2.87. The topological polar surface area (TPSA) is 29.1 Å². The summed E-state index contributed by atoms with van der Waals surface area (Å²) in [6.07, 6.45) is 2.03. The Kier molecular flexibility index (Phi) is 4.98. The van der Waals surface area contributed by atoms with Gasteiger partial charge in [0.25, 0.3) is 5.91 Å². The molecule has 1 aromatic rings. The number of amides is 1. The molecule has 0 unspecified atom stereocenters. The van der Waals surface area contributed by atoms with E-state index in [9.17, 15) is 4.79 Å². The summed E-state index contributed by atoms with van der Waals surface area (Å²) in [6.45, 7) is 2.72. The van der Waals surface area contributed by atoms with Gasteiger partial charge in [0.05, 0.1) is 8.66 Å². The van der Waals surface area contributed by atoms with Crippen molar-refractivity contribution in [2.24, 2.45) is 0 Å². The Labute approximate surface area is 101 Å². The van der Waals surface area contributed by atoms with Crippen LogP contribution in [0.5, 0.6) is 0 Å². The predicted octanol–water partition coefficient (Wildman–Crippen LogP) is 2.91. The number of aryl methyl sites for hydroxylation is 1. The molecule has 5 heteroatoms. The molecule has 1 aromatic heterocycles. The van der Waals surface area contributed by atoms with E-state index in [1.165, 1.54) is 11.3 Å². The third-order valence-electron chi connectivity index (χ3n) is 1.67. The van der Waals surface area contributed by atoms with E-state index in [-0.39, 0.29) is 5.91 Å². The van der Waals surface area contributed by atoms with Gasteiger partial charge < -0.3 is 5.32 Å². The first-order chi connectivity index (χ1) is 6.65. The van der Waals surface area contributed by atoms with Crippen LogP contribution < -0.4 is 5.32 Å². The highest BCUT2D eigenvalue weighted by atomic mass is 79.9. The monoisotopic (exact) mass is 293 g/mol. The molecule has 0 aliphatic carbocycles. The molecule has 0 aromatic carbocycles. The second-order valence-electron chi connectivity index (χ2n) is 2.82.